The van der Waals surface area contributed by atoms with Crippen molar-refractivity contribution in [3.05, 3.63) is 51.4 Å². The molecule has 0 saturated carbocycles. The molecule has 3 aromatic heterocycles. The van der Waals surface area contributed by atoms with Crippen LogP contribution in [0.5, 0.6) is 0 Å². The van der Waals surface area contributed by atoms with E-state index in [0.29, 0.717) is 0 Å². The van der Waals surface area contributed by atoms with Crippen molar-refractivity contribution in [1.82, 2.24) is 24.6 Å². The number of aryl methyl sites for hydroxylation is 2. The third kappa shape index (κ3) is 2.85. The molecule has 1 aliphatic rings. The highest BCUT2D eigenvalue weighted by molar-refractivity contribution is 7.13. The molecule has 0 aromatic carbocycles. The molecule has 24 heavy (non-hydrogen) atoms. The van der Waals surface area contributed by atoms with Crippen LogP contribution in [0.15, 0.2) is 23.7 Å². The number of fused-ring (bicyclic) bond motifs is 1. The zero-order chi connectivity index (χ0) is 16.7. The molecule has 0 radical (unpaired) electrons. The highest BCUT2D eigenvalue weighted by Crippen LogP contribution is 2.26. The Morgan fingerprint density at radius 1 is 1.38 bits per heavy atom. The van der Waals surface area contributed by atoms with Crippen LogP contribution >= 0.6 is 22.9 Å². The molecule has 0 bridgehead atoms. The van der Waals surface area contributed by atoms with Gasteiger partial charge in [-0.05, 0) is 18.4 Å². The predicted molar refractivity (Wildman–Crippen MR) is 96.1 cm³/mol. The minimum absolute atomic E-state index is 0.725. The second kappa shape index (κ2) is 6.27. The molecule has 4 heterocycles. The lowest BCUT2D eigenvalue weighted by atomic mass is 10.1. The Hall–Kier alpha value is -1.76. The van der Waals surface area contributed by atoms with Gasteiger partial charge in [0.25, 0.3) is 0 Å². The van der Waals surface area contributed by atoms with Crippen LogP contribution in [0.1, 0.15) is 22.5 Å². The number of nitrogens with zero attached hydrogens (tertiary/aromatic N) is 5. The van der Waals surface area contributed by atoms with Crippen molar-refractivity contribution in [3.63, 3.8) is 0 Å². The summed E-state index contributed by atoms with van der Waals surface area (Å²) in [5.74, 6) is 0.836. The van der Waals surface area contributed by atoms with Crippen LogP contribution in [-0.4, -0.2) is 31.2 Å². The second-order valence-corrected chi connectivity index (χ2v) is 7.39. The van der Waals surface area contributed by atoms with E-state index >= 15 is 0 Å². The van der Waals surface area contributed by atoms with Gasteiger partial charge < -0.3 is 0 Å². The molecular weight excluding hydrogens is 342 g/mol. The van der Waals surface area contributed by atoms with E-state index < -0.39 is 0 Å². The molecule has 0 aliphatic carbocycles. The molecule has 4 rings (SSSR count). The third-order valence-electron chi connectivity index (χ3n) is 4.41. The zero-order valence-electron chi connectivity index (χ0n) is 13.7. The number of hydrogen-bond donors (Lipinski definition) is 0. The lowest BCUT2D eigenvalue weighted by Crippen LogP contribution is -2.31. The van der Waals surface area contributed by atoms with Crippen molar-refractivity contribution in [2.24, 2.45) is 7.05 Å². The Morgan fingerprint density at radius 2 is 2.25 bits per heavy atom. The number of hydrogen-bond acceptors (Lipinski definition) is 5. The lowest BCUT2D eigenvalue weighted by Gasteiger charge is -2.28. The van der Waals surface area contributed by atoms with E-state index in [2.05, 4.69) is 26.4 Å². The summed E-state index contributed by atoms with van der Waals surface area (Å²) in [6.45, 7) is 4.64. The second-order valence-electron chi connectivity index (χ2n) is 6.08. The first-order valence-corrected chi connectivity index (χ1v) is 9.16. The SMILES string of the molecule is Cc1nn(C)c(Cl)c1CN1CCc2nc(-c3cccs3)ncc2C1. The third-order valence-corrected chi connectivity index (χ3v) is 5.74. The van der Waals surface area contributed by atoms with Gasteiger partial charge in [-0.1, -0.05) is 17.7 Å². The topological polar surface area (TPSA) is 46.8 Å². The monoisotopic (exact) mass is 359 g/mol. The summed E-state index contributed by atoms with van der Waals surface area (Å²) in [7, 11) is 1.88. The maximum atomic E-state index is 6.36. The molecule has 0 unspecified atom stereocenters. The first-order valence-electron chi connectivity index (χ1n) is 7.91. The van der Waals surface area contributed by atoms with Crippen LogP contribution < -0.4 is 0 Å². The molecule has 0 spiro atoms. The lowest BCUT2D eigenvalue weighted by molar-refractivity contribution is 0.242. The minimum Gasteiger partial charge on any atom is -0.294 e. The van der Waals surface area contributed by atoms with Crippen molar-refractivity contribution >= 4 is 22.9 Å². The van der Waals surface area contributed by atoms with Crippen LogP contribution in [0.4, 0.5) is 0 Å². The van der Waals surface area contributed by atoms with Crippen LogP contribution in [0, 0.1) is 6.92 Å². The molecule has 0 saturated heterocycles. The standard InChI is InChI=1S/C17H18ClN5S/c1-11-13(16(18)22(2)21-11)10-23-6-5-14-12(9-23)8-19-17(20-14)15-4-3-7-24-15/h3-4,7-8H,5-6,9-10H2,1-2H3. The Bertz CT molecular complexity index is 871. The van der Waals surface area contributed by atoms with Crippen molar-refractivity contribution in [3.8, 4) is 10.7 Å². The first kappa shape index (κ1) is 15.7. The number of halogens is 1. The molecule has 5 nitrogen and oxygen atoms in total. The van der Waals surface area contributed by atoms with E-state index in [0.717, 1.165) is 53.2 Å². The van der Waals surface area contributed by atoms with Crippen LogP contribution in [0.2, 0.25) is 5.15 Å². The average molecular weight is 360 g/mol. The van der Waals surface area contributed by atoms with Gasteiger partial charge in [0.15, 0.2) is 5.82 Å². The maximum Gasteiger partial charge on any atom is 0.169 e. The Labute approximate surface area is 149 Å². The molecule has 1 aliphatic heterocycles. The maximum absolute atomic E-state index is 6.36. The fourth-order valence-corrected chi connectivity index (χ4v) is 4.01. The zero-order valence-corrected chi connectivity index (χ0v) is 15.2. The summed E-state index contributed by atoms with van der Waals surface area (Å²) < 4.78 is 1.74. The summed E-state index contributed by atoms with van der Waals surface area (Å²) in [5, 5.41) is 7.18. The summed E-state index contributed by atoms with van der Waals surface area (Å²) in [5.41, 5.74) is 4.48. The van der Waals surface area contributed by atoms with Gasteiger partial charge in [-0.25, -0.2) is 9.97 Å². The molecule has 3 aromatic rings. The van der Waals surface area contributed by atoms with E-state index in [9.17, 15) is 0 Å². The van der Waals surface area contributed by atoms with Crippen LogP contribution in [0.25, 0.3) is 10.7 Å². The molecular formula is C17H18ClN5S. The van der Waals surface area contributed by atoms with Crippen LogP contribution in [0.3, 0.4) is 0 Å². The van der Waals surface area contributed by atoms with Gasteiger partial charge in [0.2, 0.25) is 0 Å². The fraction of sp³-hybridized carbons (Fsp3) is 0.353. The van der Waals surface area contributed by atoms with Gasteiger partial charge in [-0.2, -0.15) is 5.10 Å². The largest absolute Gasteiger partial charge is 0.294 e. The normalized spacial score (nSPS) is 14.8. The predicted octanol–water partition coefficient (Wildman–Crippen LogP) is 3.46. The number of aromatic nitrogens is 4. The van der Waals surface area contributed by atoms with Gasteiger partial charge in [0.1, 0.15) is 5.15 Å². The Balaban J connectivity index is 1.54. The number of thiophene rings is 1. The van der Waals surface area contributed by atoms with E-state index in [1.807, 2.05) is 26.2 Å². The van der Waals surface area contributed by atoms with Gasteiger partial charge in [0.05, 0.1) is 16.3 Å². The van der Waals surface area contributed by atoms with Crippen LogP contribution in [-0.2, 0) is 26.6 Å². The van der Waals surface area contributed by atoms with Crippen molar-refractivity contribution in [2.45, 2.75) is 26.4 Å². The van der Waals surface area contributed by atoms with Crippen molar-refractivity contribution in [1.29, 1.82) is 0 Å². The Kier molecular flexibility index (Phi) is 4.12. The van der Waals surface area contributed by atoms with E-state index in [1.54, 1.807) is 16.0 Å². The van der Waals surface area contributed by atoms with Gasteiger partial charge in [0, 0.05) is 50.4 Å². The summed E-state index contributed by atoms with van der Waals surface area (Å²) in [6.07, 6.45) is 2.91. The average Bonchev–Trinajstić information content (AvgIpc) is 3.19. The molecule has 7 heteroatoms. The van der Waals surface area contributed by atoms with E-state index in [4.69, 9.17) is 16.6 Å². The summed E-state index contributed by atoms with van der Waals surface area (Å²) in [6, 6.07) is 4.10. The highest BCUT2D eigenvalue weighted by atomic mass is 35.5. The summed E-state index contributed by atoms with van der Waals surface area (Å²) >= 11 is 8.04. The van der Waals surface area contributed by atoms with Crippen molar-refractivity contribution in [2.75, 3.05) is 6.54 Å². The molecule has 0 atom stereocenters. The summed E-state index contributed by atoms with van der Waals surface area (Å²) in [4.78, 5) is 12.8. The first-order chi connectivity index (χ1) is 11.6. The van der Waals surface area contributed by atoms with Gasteiger partial charge in [-0.3, -0.25) is 9.58 Å². The van der Waals surface area contributed by atoms with Gasteiger partial charge >= 0.3 is 0 Å². The smallest absolute Gasteiger partial charge is 0.169 e. The quantitative estimate of drug-likeness (QED) is 0.718. The van der Waals surface area contributed by atoms with Crippen molar-refractivity contribution < 1.29 is 0 Å². The Morgan fingerprint density at radius 3 is 2.96 bits per heavy atom. The van der Waals surface area contributed by atoms with E-state index in [-0.39, 0.29) is 0 Å². The minimum atomic E-state index is 0.725. The molecule has 0 fully saturated rings. The van der Waals surface area contributed by atoms with Gasteiger partial charge in [-0.15, -0.1) is 11.3 Å². The molecule has 0 N–H and O–H groups in total. The number of rotatable bonds is 3. The van der Waals surface area contributed by atoms with E-state index in [1.165, 1.54) is 11.3 Å². The highest BCUT2D eigenvalue weighted by Gasteiger charge is 2.21. The molecule has 124 valence electrons. The molecule has 0 amide bonds. The fourth-order valence-electron chi connectivity index (χ4n) is 3.11.